The van der Waals surface area contributed by atoms with Crippen molar-refractivity contribution in [3.05, 3.63) is 112 Å². The molecule has 7 N–H and O–H groups in total. The number of nitrogens with one attached hydrogen (secondary N) is 4. The highest BCUT2D eigenvalue weighted by Crippen LogP contribution is 2.29. The van der Waals surface area contributed by atoms with E-state index in [-0.39, 0.29) is 56.1 Å². The Morgan fingerprint density at radius 2 is 1.54 bits per heavy atom. The number of carbonyl (C=O) groups excluding carboxylic acids is 5. The highest BCUT2D eigenvalue weighted by molar-refractivity contribution is 7.13. The van der Waals surface area contributed by atoms with Crippen molar-refractivity contribution in [2.24, 2.45) is 5.41 Å². The predicted molar refractivity (Wildman–Crippen MR) is 270 cm³/mol. The van der Waals surface area contributed by atoms with Crippen molar-refractivity contribution >= 4 is 52.4 Å². The van der Waals surface area contributed by atoms with Gasteiger partial charge in [0.15, 0.2) is 0 Å². The van der Waals surface area contributed by atoms with Gasteiger partial charge < -0.3 is 41.7 Å². The highest BCUT2D eigenvalue weighted by Gasteiger charge is 2.44. The van der Waals surface area contributed by atoms with Gasteiger partial charge in [0, 0.05) is 44.6 Å². The van der Waals surface area contributed by atoms with E-state index in [2.05, 4.69) is 36.6 Å². The number of thiazole rings is 1. The first-order chi connectivity index (χ1) is 34.0. The lowest BCUT2D eigenvalue weighted by atomic mass is 9.85. The minimum absolute atomic E-state index is 0.0257. The molecule has 0 bridgehead atoms. The van der Waals surface area contributed by atoms with Crippen molar-refractivity contribution in [3.8, 4) is 10.4 Å². The number of alkyl carbamates (subject to hydrolysis) is 1. The molecule has 0 aliphatic carbocycles. The summed E-state index contributed by atoms with van der Waals surface area (Å²) in [7, 11) is 0. The fraction of sp³-hybridized carbons (Fsp3) is 0.462. The molecule has 3 unspecified atom stereocenters. The lowest BCUT2D eigenvalue weighted by Crippen LogP contribution is -2.57. The van der Waals surface area contributed by atoms with E-state index in [1.807, 2.05) is 57.5 Å². The number of rotatable bonds is 24. The number of amides is 5. The molecule has 3 heterocycles. The molecule has 1 saturated heterocycles. The smallest absolute Gasteiger partial charge is 0.407 e. The van der Waals surface area contributed by atoms with Gasteiger partial charge in [-0.2, -0.15) is 0 Å². The number of benzene rings is 3. The molecule has 1 aliphatic rings. The molecule has 5 amide bonds. The number of nitrogens with two attached hydrogens (primary N) is 1. The van der Waals surface area contributed by atoms with Gasteiger partial charge in [-0.25, -0.2) is 14.2 Å². The van der Waals surface area contributed by atoms with Gasteiger partial charge in [-0.15, -0.1) is 16.4 Å². The van der Waals surface area contributed by atoms with Gasteiger partial charge in [0.25, 0.3) is 5.91 Å². The number of nitrogen functional groups attached to an aromatic ring is 1. The third-order valence-electron chi connectivity index (χ3n) is 12.4. The van der Waals surface area contributed by atoms with E-state index in [1.165, 1.54) is 17.0 Å². The van der Waals surface area contributed by atoms with E-state index >= 15 is 0 Å². The molecule has 5 aromatic rings. The number of aromatic nitrogens is 4. The summed E-state index contributed by atoms with van der Waals surface area (Å²) in [5, 5.41) is 30.1. The number of β-amino-alcohol motifs (C(OH)–C–C–N with tert-alkyl or cyclic N) is 1. The molecule has 6 rings (SSSR count). The van der Waals surface area contributed by atoms with Crippen LogP contribution in [0.15, 0.2) is 78.4 Å². The van der Waals surface area contributed by atoms with Crippen molar-refractivity contribution in [2.45, 2.75) is 143 Å². The van der Waals surface area contributed by atoms with Crippen molar-refractivity contribution in [2.75, 3.05) is 17.6 Å². The second-order valence-corrected chi connectivity index (χ2v) is 20.0. The van der Waals surface area contributed by atoms with Crippen LogP contribution in [0.5, 0.6) is 0 Å². The number of aryl methyl sites for hydroxylation is 2. The van der Waals surface area contributed by atoms with Crippen LogP contribution in [0.25, 0.3) is 10.4 Å². The van der Waals surface area contributed by atoms with E-state index in [1.54, 1.807) is 46.5 Å². The quantitative estimate of drug-likeness (QED) is 0.0258. The Hall–Kier alpha value is -6.73. The third-order valence-corrected chi connectivity index (χ3v) is 13.3. The molecule has 3 atom stereocenters. The van der Waals surface area contributed by atoms with Crippen LogP contribution in [0.3, 0.4) is 0 Å². The van der Waals surface area contributed by atoms with Gasteiger partial charge in [0.05, 0.1) is 39.8 Å². The molecule has 380 valence electrons. The van der Waals surface area contributed by atoms with Crippen LogP contribution >= 0.6 is 11.3 Å². The molecule has 1 aliphatic heterocycles. The van der Waals surface area contributed by atoms with Crippen molar-refractivity contribution in [1.82, 2.24) is 40.8 Å². The molecular weight excluding hydrogens is 928 g/mol. The van der Waals surface area contributed by atoms with E-state index in [4.69, 9.17) is 10.5 Å². The summed E-state index contributed by atoms with van der Waals surface area (Å²) < 4.78 is 20.4. The summed E-state index contributed by atoms with van der Waals surface area (Å²) in [4.78, 5) is 72.3. The Morgan fingerprint density at radius 1 is 0.887 bits per heavy atom. The number of halogens is 1. The zero-order valence-electron chi connectivity index (χ0n) is 41.0. The van der Waals surface area contributed by atoms with Crippen molar-refractivity contribution in [3.63, 3.8) is 0 Å². The van der Waals surface area contributed by atoms with Gasteiger partial charge in [-0.3, -0.25) is 23.9 Å². The number of likely N-dealkylation sites (tertiary alicyclic amines) is 1. The van der Waals surface area contributed by atoms with Gasteiger partial charge in [0.2, 0.25) is 17.7 Å². The lowest BCUT2D eigenvalue weighted by molar-refractivity contribution is -0.144. The predicted octanol–water partition coefficient (Wildman–Crippen LogP) is 7.82. The molecule has 2 aromatic heterocycles. The average molecular weight is 995 g/mol. The first-order valence-corrected chi connectivity index (χ1v) is 25.2. The van der Waals surface area contributed by atoms with Crippen LogP contribution in [0.2, 0.25) is 0 Å². The van der Waals surface area contributed by atoms with E-state index < -0.39 is 41.4 Å². The Bertz CT molecular complexity index is 2560. The lowest BCUT2D eigenvalue weighted by Gasteiger charge is -2.35. The van der Waals surface area contributed by atoms with E-state index in [9.17, 15) is 33.5 Å². The number of nitrogens with zero attached hydrogens (tertiary/aromatic N) is 5. The molecule has 19 heteroatoms. The molecular formula is C52H67FN10O7S. The number of carbonyl (C=O) groups is 5. The molecule has 17 nitrogen and oxygen atoms in total. The Balaban J connectivity index is 0.790. The Kier molecular flexibility index (Phi) is 19.6. The van der Waals surface area contributed by atoms with E-state index in [0.29, 0.717) is 36.3 Å². The Morgan fingerprint density at radius 3 is 2.18 bits per heavy atom. The summed E-state index contributed by atoms with van der Waals surface area (Å²) >= 11 is 1.58. The normalized spacial score (nSPS) is 15.0. The standard InChI is InChI=1S/C52H67FN10O7S/c1-34-46(71-33-57-34)37-19-15-35(16-20-37)28-55-49(67)44-27-41(64)31-63(44)50(68)47(52(2,3)4)59-45(65)14-12-10-8-6-5-7-9-11-13-25-62-30-40(60-61-62)32-70-51(69)56-29-36-17-21-38(22-18-36)48(66)58-43-24-23-39(53)26-42(43)54/h15-24,26,30,33,41,44,47,64H,5-14,25,27-29,31-32,54H2,1-4H3,(H,55,67)(H,56,69)(H,58,66)(H,59,65). The summed E-state index contributed by atoms with van der Waals surface area (Å²) in [6.07, 6.45) is 9.73. The average Bonchev–Trinajstić information content (AvgIpc) is 4.10. The zero-order chi connectivity index (χ0) is 50.9. The number of aliphatic hydroxyl groups excluding tert-OH is 1. The van der Waals surface area contributed by atoms with Gasteiger partial charge in [-0.1, -0.05) is 107 Å². The van der Waals surface area contributed by atoms with Gasteiger partial charge >= 0.3 is 6.09 Å². The molecule has 3 aromatic carbocycles. The fourth-order valence-corrected chi connectivity index (χ4v) is 9.12. The van der Waals surface area contributed by atoms with E-state index in [0.717, 1.165) is 84.7 Å². The number of ether oxygens (including phenoxy) is 1. The molecule has 0 spiro atoms. The van der Waals surface area contributed by atoms with Crippen LogP contribution in [-0.4, -0.2) is 84.4 Å². The summed E-state index contributed by atoms with van der Waals surface area (Å²) in [5.41, 5.74) is 12.0. The SMILES string of the molecule is Cc1ncsc1-c1ccc(CNC(=O)C2CC(O)CN2C(=O)C(NC(=O)CCCCCCCCCCCn2cc(COC(=O)NCc3ccc(C(=O)Nc4ccc(F)cc4N)cc3)nn2)C(C)(C)C)cc1. The number of aliphatic hydroxyl groups is 1. The maximum Gasteiger partial charge on any atom is 0.407 e. The second-order valence-electron chi connectivity index (χ2n) is 19.2. The van der Waals surface area contributed by atoms with Crippen LogP contribution in [0.1, 0.15) is 124 Å². The first-order valence-electron chi connectivity index (χ1n) is 24.3. The van der Waals surface area contributed by atoms with Crippen LogP contribution in [0, 0.1) is 18.2 Å². The monoisotopic (exact) mass is 994 g/mol. The Labute approximate surface area is 418 Å². The van der Waals surface area contributed by atoms with Crippen molar-refractivity contribution in [1.29, 1.82) is 0 Å². The zero-order valence-corrected chi connectivity index (χ0v) is 41.9. The number of hydrogen-bond acceptors (Lipinski definition) is 12. The first kappa shape index (κ1) is 53.6. The number of anilines is 2. The summed E-state index contributed by atoms with van der Waals surface area (Å²) in [5.74, 6) is -1.81. The molecule has 1 fully saturated rings. The van der Waals surface area contributed by atoms with Gasteiger partial charge in [0.1, 0.15) is 30.2 Å². The molecule has 0 saturated carbocycles. The topological polar surface area (TPSA) is 236 Å². The number of hydrogen-bond donors (Lipinski definition) is 6. The maximum atomic E-state index is 14.0. The minimum Gasteiger partial charge on any atom is -0.443 e. The maximum absolute atomic E-state index is 14.0. The fourth-order valence-electron chi connectivity index (χ4n) is 8.30. The molecule has 0 radical (unpaired) electrons. The largest absolute Gasteiger partial charge is 0.443 e. The van der Waals surface area contributed by atoms with Gasteiger partial charge in [-0.05, 0) is 72.2 Å². The minimum atomic E-state index is -0.856. The van der Waals surface area contributed by atoms with Crippen LogP contribution in [0.4, 0.5) is 20.6 Å². The second kappa shape index (κ2) is 25.9. The summed E-state index contributed by atoms with van der Waals surface area (Å²) in [6, 6.07) is 16.6. The molecule has 71 heavy (non-hydrogen) atoms. The summed E-state index contributed by atoms with van der Waals surface area (Å²) in [6.45, 7) is 8.79. The van der Waals surface area contributed by atoms with Crippen LogP contribution < -0.4 is 27.0 Å². The van der Waals surface area contributed by atoms with Crippen LogP contribution in [-0.2, 0) is 45.4 Å². The van der Waals surface area contributed by atoms with Crippen molar-refractivity contribution < 1.29 is 38.2 Å². The highest BCUT2D eigenvalue weighted by atomic mass is 32.1. The third kappa shape index (κ3) is 16.4. The number of unbranched alkanes of at least 4 members (excludes halogenated alkanes) is 8.